The molecule has 58 valence electrons. The third-order valence-corrected chi connectivity index (χ3v) is 1.53. The summed E-state index contributed by atoms with van der Waals surface area (Å²) in [4.78, 5) is 0. The minimum absolute atomic E-state index is 0.00926. The number of nitrogens with zero attached hydrogens (tertiary/aromatic N) is 1. The molecule has 0 spiro atoms. The molecule has 1 aromatic heterocycles. The van der Waals surface area contributed by atoms with Crippen molar-refractivity contribution in [1.29, 1.82) is 0 Å². The Morgan fingerprint density at radius 3 is 1.90 bits per heavy atom. The minimum atomic E-state index is -0.701. The van der Waals surface area contributed by atoms with Crippen LogP contribution in [0.4, 0.5) is 8.78 Å². The molecule has 0 bridgehead atoms. The van der Waals surface area contributed by atoms with Gasteiger partial charge in [0, 0.05) is 0 Å². The van der Waals surface area contributed by atoms with Crippen LogP contribution in [0.3, 0.4) is 0 Å². The Kier molecular flexibility index (Phi) is 4.11. The SMILES string of the molecule is CC.Cc1c(F)nsc1F. The molecule has 0 fully saturated rings. The number of hydrogen-bond acceptors (Lipinski definition) is 2. The van der Waals surface area contributed by atoms with Crippen molar-refractivity contribution in [3.8, 4) is 0 Å². The highest BCUT2D eigenvalue weighted by atomic mass is 32.1. The maximum Gasteiger partial charge on any atom is 0.230 e. The Bertz CT molecular complexity index is 178. The van der Waals surface area contributed by atoms with Gasteiger partial charge in [0.05, 0.1) is 5.56 Å². The van der Waals surface area contributed by atoms with Crippen molar-refractivity contribution in [2.45, 2.75) is 20.8 Å². The summed E-state index contributed by atoms with van der Waals surface area (Å²) >= 11 is 0.539. The van der Waals surface area contributed by atoms with E-state index < -0.39 is 11.1 Å². The molecule has 10 heavy (non-hydrogen) atoms. The van der Waals surface area contributed by atoms with Crippen LogP contribution in [0.15, 0.2) is 0 Å². The second-order valence-electron chi connectivity index (χ2n) is 1.37. The third-order valence-electron chi connectivity index (χ3n) is 0.810. The molecule has 1 rings (SSSR count). The van der Waals surface area contributed by atoms with E-state index in [0.717, 1.165) is 0 Å². The normalized spacial score (nSPS) is 8.50. The quantitative estimate of drug-likeness (QED) is 0.576. The van der Waals surface area contributed by atoms with Crippen LogP contribution in [0.1, 0.15) is 19.4 Å². The lowest BCUT2D eigenvalue weighted by Crippen LogP contribution is -1.75. The van der Waals surface area contributed by atoms with E-state index in [1.165, 1.54) is 6.92 Å². The van der Waals surface area contributed by atoms with E-state index in [2.05, 4.69) is 4.37 Å². The van der Waals surface area contributed by atoms with Gasteiger partial charge in [-0.1, -0.05) is 13.8 Å². The molecule has 1 nitrogen and oxygen atoms in total. The second-order valence-corrected chi connectivity index (χ2v) is 2.10. The fourth-order valence-electron chi connectivity index (χ4n) is 0.298. The first-order chi connectivity index (χ1) is 4.72. The van der Waals surface area contributed by atoms with Gasteiger partial charge in [0.2, 0.25) is 11.1 Å². The highest BCUT2D eigenvalue weighted by molar-refractivity contribution is 7.04. The largest absolute Gasteiger partial charge is 0.230 e. The maximum absolute atomic E-state index is 12.1. The van der Waals surface area contributed by atoms with Crippen LogP contribution in [-0.2, 0) is 0 Å². The van der Waals surface area contributed by atoms with E-state index in [1.54, 1.807) is 0 Å². The Balaban J connectivity index is 0.000000371. The lowest BCUT2D eigenvalue weighted by Gasteiger charge is -1.76. The first-order valence-corrected chi connectivity index (χ1v) is 3.76. The lowest BCUT2D eigenvalue weighted by atomic mass is 10.4. The molecule has 0 atom stereocenters. The van der Waals surface area contributed by atoms with E-state index in [-0.39, 0.29) is 5.56 Å². The summed E-state index contributed by atoms with van der Waals surface area (Å²) in [6.07, 6.45) is 0. The van der Waals surface area contributed by atoms with Gasteiger partial charge in [0.1, 0.15) is 0 Å². The second kappa shape index (κ2) is 4.33. The van der Waals surface area contributed by atoms with Crippen LogP contribution >= 0.6 is 11.5 Å². The first-order valence-electron chi connectivity index (χ1n) is 2.99. The minimum Gasteiger partial charge on any atom is -0.193 e. The van der Waals surface area contributed by atoms with Gasteiger partial charge in [-0.2, -0.15) is 13.2 Å². The van der Waals surface area contributed by atoms with Gasteiger partial charge in [-0.3, -0.25) is 0 Å². The molecule has 0 aliphatic carbocycles. The highest BCUT2D eigenvalue weighted by Crippen LogP contribution is 2.12. The monoisotopic (exact) mass is 165 g/mol. The van der Waals surface area contributed by atoms with Crippen molar-refractivity contribution >= 4 is 11.5 Å². The summed E-state index contributed by atoms with van der Waals surface area (Å²) in [6.45, 7) is 5.36. The van der Waals surface area contributed by atoms with Gasteiger partial charge in [-0.05, 0) is 18.5 Å². The molecule has 1 aromatic rings. The molecular weight excluding hydrogens is 156 g/mol. The fraction of sp³-hybridized carbons (Fsp3) is 0.500. The standard InChI is InChI=1S/C4H3F2NS.C2H6/c1-2-3(5)7-8-4(2)6;1-2/h1H3;1-2H3. The molecule has 0 saturated heterocycles. The number of rotatable bonds is 0. The van der Waals surface area contributed by atoms with Crippen LogP contribution < -0.4 is 0 Å². The molecule has 0 unspecified atom stereocenters. The summed E-state index contributed by atoms with van der Waals surface area (Å²) in [6, 6.07) is 0. The molecule has 0 aromatic carbocycles. The third kappa shape index (κ3) is 2.02. The van der Waals surface area contributed by atoms with Crippen LogP contribution in [0.2, 0.25) is 0 Å². The summed E-state index contributed by atoms with van der Waals surface area (Å²) in [5, 5.41) is -0.539. The number of aromatic nitrogens is 1. The Hall–Kier alpha value is -0.510. The van der Waals surface area contributed by atoms with Crippen LogP contribution in [0, 0.1) is 18.0 Å². The van der Waals surface area contributed by atoms with Gasteiger partial charge in [-0.15, -0.1) is 0 Å². The molecule has 0 radical (unpaired) electrons. The van der Waals surface area contributed by atoms with Crippen LogP contribution in [-0.4, -0.2) is 4.37 Å². The predicted octanol–water partition coefficient (Wildman–Crippen LogP) is 2.76. The summed E-state index contributed by atoms with van der Waals surface area (Å²) < 4.78 is 27.2. The Labute approximate surface area is 62.9 Å². The van der Waals surface area contributed by atoms with Crippen molar-refractivity contribution in [3.63, 3.8) is 0 Å². The Morgan fingerprint density at radius 2 is 1.80 bits per heavy atom. The summed E-state index contributed by atoms with van der Waals surface area (Å²) in [5.41, 5.74) is 0.00926. The molecule has 0 saturated carbocycles. The highest BCUT2D eigenvalue weighted by Gasteiger charge is 2.05. The molecule has 4 heteroatoms. The van der Waals surface area contributed by atoms with Gasteiger partial charge in [0.15, 0.2) is 0 Å². The fourth-order valence-corrected chi connectivity index (χ4v) is 0.817. The summed E-state index contributed by atoms with van der Waals surface area (Å²) in [5.74, 6) is -0.701. The Morgan fingerprint density at radius 1 is 1.30 bits per heavy atom. The molecular formula is C6H9F2NS. The zero-order valence-corrected chi connectivity index (χ0v) is 6.93. The number of halogens is 2. The van der Waals surface area contributed by atoms with Gasteiger partial charge in [0.25, 0.3) is 0 Å². The average Bonchev–Trinajstić information content (AvgIpc) is 2.25. The summed E-state index contributed by atoms with van der Waals surface area (Å²) in [7, 11) is 0. The zero-order valence-electron chi connectivity index (χ0n) is 6.11. The molecule has 1 heterocycles. The zero-order chi connectivity index (χ0) is 8.15. The predicted molar refractivity (Wildman–Crippen MR) is 38.1 cm³/mol. The van der Waals surface area contributed by atoms with E-state index in [0.29, 0.717) is 11.5 Å². The van der Waals surface area contributed by atoms with E-state index in [1.807, 2.05) is 13.8 Å². The van der Waals surface area contributed by atoms with Crippen molar-refractivity contribution in [2.24, 2.45) is 0 Å². The topological polar surface area (TPSA) is 12.9 Å². The molecule has 0 aliphatic rings. The average molecular weight is 165 g/mol. The first kappa shape index (κ1) is 9.49. The van der Waals surface area contributed by atoms with Crippen LogP contribution in [0.5, 0.6) is 0 Å². The van der Waals surface area contributed by atoms with Gasteiger partial charge >= 0.3 is 0 Å². The number of hydrogen-bond donors (Lipinski definition) is 0. The lowest BCUT2D eigenvalue weighted by molar-refractivity contribution is 0.572. The van der Waals surface area contributed by atoms with Crippen molar-refractivity contribution in [1.82, 2.24) is 4.37 Å². The van der Waals surface area contributed by atoms with E-state index in [4.69, 9.17) is 0 Å². The van der Waals surface area contributed by atoms with E-state index in [9.17, 15) is 8.78 Å². The van der Waals surface area contributed by atoms with E-state index >= 15 is 0 Å². The molecule has 0 N–H and O–H groups in total. The molecule has 0 aliphatic heterocycles. The molecule has 0 amide bonds. The van der Waals surface area contributed by atoms with Gasteiger partial charge in [-0.25, -0.2) is 0 Å². The maximum atomic E-state index is 12.1. The van der Waals surface area contributed by atoms with Crippen molar-refractivity contribution in [2.75, 3.05) is 0 Å². The smallest absolute Gasteiger partial charge is 0.193 e. The van der Waals surface area contributed by atoms with Gasteiger partial charge < -0.3 is 0 Å². The van der Waals surface area contributed by atoms with Crippen molar-refractivity contribution in [3.05, 3.63) is 16.6 Å². The van der Waals surface area contributed by atoms with Crippen molar-refractivity contribution < 1.29 is 8.78 Å². The van der Waals surface area contributed by atoms with Crippen LogP contribution in [0.25, 0.3) is 0 Å².